The average Bonchev–Trinajstić information content (AvgIpc) is 2.93. The summed E-state index contributed by atoms with van der Waals surface area (Å²) in [6.45, 7) is 2.84. The summed E-state index contributed by atoms with van der Waals surface area (Å²) in [5.41, 5.74) is -0.822. The van der Waals surface area contributed by atoms with Crippen LogP contribution in [0.25, 0.3) is 0 Å². The predicted octanol–water partition coefficient (Wildman–Crippen LogP) is 1.79. The minimum Gasteiger partial charge on any atom is -0.494 e. The number of carbonyl (C=O) groups is 2. The van der Waals surface area contributed by atoms with E-state index in [2.05, 4.69) is 0 Å². The average molecular weight is 307 g/mol. The van der Waals surface area contributed by atoms with Crippen molar-refractivity contribution in [2.45, 2.75) is 25.3 Å². The van der Waals surface area contributed by atoms with Gasteiger partial charge in [0.2, 0.25) is 0 Å². The fourth-order valence-electron chi connectivity index (χ4n) is 2.86. The number of carboxylic acids is 1. The van der Waals surface area contributed by atoms with E-state index in [1.165, 1.54) is 12.0 Å². The topological polar surface area (TPSA) is 76.1 Å². The molecule has 1 atom stereocenters. The van der Waals surface area contributed by atoms with Gasteiger partial charge < -0.3 is 19.5 Å². The van der Waals surface area contributed by atoms with Gasteiger partial charge >= 0.3 is 5.97 Å². The maximum atomic E-state index is 12.7. The molecule has 1 aromatic rings. The molecule has 2 rings (SSSR count). The molecule has 1 aliphatic rings. The Morgan fingerprint density at radius 2 is 2.00 bits per heavy atom. The zero-order chi connectivity index (χ0) is 16.2. The largest absolute Gasteiger partial charge is 0.494 e. The van der Waals surface area contributed by atoms with Crippen LogP contribution < -0.4 is 4.74 Å². The molecule has 1 amide bonds. The van der Waals surface area contributed by atoms with Crippen molar-refractivity contribution in [1.29, 1.82) is 0 Å². The summed E-state index contributed by atoms with van der Waals surface area (Å²) in [5, 5.41) is 9.58. The number of ether oxygens (including phenoxy) is 2. The highest BCUT2D eigenvalue weighted by Gasteiger charge is 2.50. The first-order chi connectivity index (χ1) is 10.5. The summed E-state index contributed by atoms with van der Waals surface area (Å²) in [6.07, 6.45) is 1.05. The first-order valence-corrected chi connectivity index (χ1v) is 7.32. The van der Waals surface area contributed by atoms with Gasteiger partial charge in [0.25, 0.3) is 5.91 Å². The Balaban J connectivity index is 2.25. The van der Waals surface area contributed by atoms with Crippen LogP contribution in [-0.4, -0.2) is 54.3 Å². The van der Waals surface area contributed by atoms with Gasteiger partial charge in [0.15, 0.2) is 5.54 Å². The lowest BCUT2D eigenvalue weighted by Crippen LogP contribution is -2.56. The van der Waals surface area contributed by atoms with Gasteiger partial charge in [-0.1, -0.05) is 0 Å². The van der Waals surface area contributed by atoms with Crippen LogP contribution >= 0.6 is 0 Å². The molecule has 1 aromatic carbocycles. The van der Waals surface area contributed by atoms with Crippen LogP contribution in [0.5, 0.6) is 5.75 Å². The van der Waals surface area contributed by atoms with Crippen molar-refractivity contribution in [2.75, 3.05) is 26.9 Å². The standard InChI is InChI=1S/C16H21NO5/c1-3-22-13-7-5-12(6-8-13)14(18)17-10-4-9-16(17,11-21-2)15(19)20/h5-8H,3-4,9-11H2,1-2H3,(H,19,20). The fraction of sp³-hybridized carbons (Fsp3) is 0.500. The number of rotatable bonds is 6. The van der Waals surface area contributed by atoms with E-state index in [0.29, 0.717) is 37.3 Å². The molecule has 6 nitrogen and oxygen atoms in total. The Kier molecular flexibility index (Phi) is 5.03. The molecule has 0 bridgehead atoms. The summed E-state index contributed by atoms with van der Waals surface area (Å²) in [6, 6.07) is 6.74. The minimum absolute atomic E-state index is 0.00883. The number of carboxylic acid groups (broad SMARTS) is 1. The Morgan fingerprint density at radius 1 is 1.32 bits per heavy atom. The number of benzene rings is 1. The Labute approximate surface area is 129 Å². The minimum atomic E-state index is -1.27. The first-order valence-electron chi connectivity index (χ1n) is 7.32. The van der Waals surface area contributed by atoms with Crippen molar-refractivity contribution < 1.29 is 24.2 Å². The van der Waals surface area contributed by atoms with Gasteiger partial charge in [0, 0.05) is 19.2 Å². The molecule has 1 saturated heterocycles. The quantitative estimate of drug-likeness (QED) is 0.867. The summed E-state index contributed by atoms with van der Waals surface area (Å²) < 4.78 is 10.4. The van der Waals surface area contributed by atoms with Gasteiger partial charge in [-0.3, -0.25) is 4.79 Å². The van der Waals surface area contributed by atoms with Crippen LogP contribution in [-0.2, 0) is 9.53 Å². The smallest absolute Gasteiger partial charge is 0.332 e. The van der Waals surface area contributed by atoms with E-state index in [0.717, 1.165) is 0 Å². The lowest BCUT2D eigenvalue weighted by Gasteiger charge is -2.34. The fourth-order valence-corrected chi connectivity index (χ4v) is 2.86. The monoisotopic (exact) mass is 307 g/mol. The van der Waals surface area contributed by atoms with Gasteiger partial charge in [-0.2, -0.15) is 0 Å². The predicted molar refractivity (Wildman–Crippen MR) is 80.1 cm³/mol. The van der Waals surface area contributed by atoms with Gasteiger partial charge in [-0.15, -0.1) is 0 Å². The van der Waals surface area contributed by atoms with Crippen molar-refractivity contribution in [1.82, 2.24) is 4.90 Å². The second kappa shape index (κ2) is 6.79. The lowest BCUT2D eigenvalue weighted by molar-refractivity contribution is -0.151. The van der Waals surface area contributed by atoms with Gasteiger partial charge in [-0.05, 0) is 44.0 Å². The second-order valence-electron chi connectivity index (χ2n) is 5.29. The Morgan fingerprint density at radius 3 is 2.55 bits per heavy atom. The number of hydrogen-bond donors (Lipinski definition) is 1. The lowest BCUT2D eigenvalue weighted by atomic mass is 9.96. The summed E-state index contributed by atoms with van der Waals surface area (Å²) >= 11 is 0. The molecule has 1 unspecified atom stereocenters. The molecular formula is C16H21NO5. The van der Waals surface area contributed by atoms with E-state index in [-0.39, 0.29) is 12.5 Å². The van der Waals surface area contributed by atoms with Gasteiger partial charge in [0.1, 0.15) is 5.75 Å². The molecule has 0 aliphatic carbocycles. The van der Waals surface area contributed by atoms with Crippen LogP contribution in [0.3, 0.4) is 0 Å². The number of carbonyl (C=O) groups excluding carboxylic acids is 1. The maximum absolute atomic E-state index is 12.7. The molecule has 22 heavy (non-hydrogen) atoms. The van der Waals surface area contributed by atoms with E-state index in [1.807, 2.05) is 6.92 Å². The normalized spacial score (nSPS) is 20.9. The van der Waals surface area contributed by atoms with Gasteiger partial charge in [-0.25, -0.2) is 4.79 Å². The third-order valence-corrected chi connectivity index (χ3v) is 3.93. The summed E-state index contributed by atoms with van der Waals surface area (Å²) in [4.78, 5) is 25.8. The molecule has 1 fully saturated rings. The third kappa shape index (κ3) is 2.92. The van der Waals surface area contributed by atoms with E-state index in [1.54, 1.807) is 24.3 Å². The van der Waals surface area contributed by atoms with E-state index < -0.39 is 11.5 Å². The van der Waals surface area contributed by atoms with Gasteiger partial charge in [0.05, 0.1) is 13.2 Å². The van der Waals surface area contributed by atoms with Crippen LogP contribution in [0.4, 0.5) is 0 Å². The van der Waals surface area contributed by atoms with Crippen LogP contribution in [0.2, 0.25) is 0 Å². The number of aliphatic carboxylic acids is 1. The van der Waals surface area contributed by atoms with Crippen LogP contribution in [0.15, 0.2) is 24.3 Å². The van der Waals surface area contributed by atoms with E-state index in [4.69, 9.17) is 9.47 Å². The number of methoxy groups -OCH3 is 1. The molecule has 1 heterocycles. The third-order valence-electron chi connectivity index (χ3n) is 3.93. The van der Waals surface area contributed by atoms with E-state index in [9.17, 15) is 14.7 Å². The molecule has 0 saturated carbocycles. The molecule has 0 spiro atoms. The Bertz CT molecular complexity index is 542. The molecule has 120 valence electrons. The zero-order valence-electron chi connectivity index (χ0n) is 12.9. The molecule has 0 radical (unpaired) electrons. The maximum Gasteiger partial charge on any atom is 0.332 e. The highest BCUT2D eigenvalue weighted by molar-refractivity contribution is 5.98. The van der Waals surface area contributed by atoms with E-state index >= 15 is 0 Å². The highest BCUT2D eigenvalue weighted by atomic mass is 16.5. The number of likely N-dealkylation sites (tertiary alicyclic amines) is 1. The summed E-state index contributed by atoms with van der Waals surface area (Å²) in [7, 11) is 1.45. The number of nitrogens with zero attached hydrogens (tertiary/aromatic N) is 1. The Hall–Kier alpha value is -2.08. The molecule has 1 N–H and O–H groups in total. The zero-order valence-corrected chi connectivity index (χ0v) is 12.9. The number of amides is 1. The highest BCUT2D eigenvalue weighted by Crippen LogP contribution is 2.32. The van der Waals surface area contributed by atoms with Crippen LogP contribution in [0.1, 0.15) is 30.1 Å². The van der Waals surface area contributed by atoms with Crippen molar-refractivity contribution >= 4 is 11.9 Å². The van der Waals surface area contributed by atoms with Crippen molar-refractivity contribution in [2.24, 2.45) is 0 Å². The van der Waals surface area contributed by atoms with Crippen molar-refractivity contribution in [3.63, 3.8) is 0 Å². The molecule has 6 heteroatoms. The number of hydrogen-bond acceptors (Lipinski definition) is 4. The van der Waals surface area contributed by atoms with Crippen LogP contribution in [0, 0.1) is 0 Å². The van der Waals surface area contributed by atoms with Crippen molar-refractivity contribution in [3.05, 3.63) is 29.8 Å². The molecule has 0 aromatic heterocycles. The molecule has 1 aliphatic heterocycles. The SMILES string of the molecule is CCOc1ccc(C(=O)N2CCCC2(COC)C(=O)O)cc1. The first kappa shape index (κ1) is 16.3. The summed E-state index contributed by atoms with van der Waals surface area (Å²) in [5.74, 6) is -0.631. The van der Waals surface area contributed by atoms with Crippen molar-refractivity contribution in [3.8, 4) is 5.75 Å². The second-order valence-corrected chi connectivity index (χ2v) is 5.29. The molecular weight excluding hydrogens is 286 g/mol.